The van der Waals surface area contributed by atoms with E-state index < -0.39 is 0 Å². The number of rotatable bonds is 7. The van der Waals surface area contributed by atoms with Gasteiger partial charge in [0.15, 0.2) is 0 Å². The standard InChI is InChI=1S/C39H33N2O.C11H8N.Ir/c1-25(2)30-18-13-19-31(26(3)4)38(30)41-35-21-12-11-20-34(35)40-39(41)29-22-32(27-14-7-5-8-15-27)33-24-36(42-37(33)23-29)28-16-9-6-10-17-28;1-2-6-10(7-3-1)11-8-4-5-9-12-11;/h5-22,24-26H,1-4H3;1-6,8-9H;/q2*-1;. The number of hydrogen-bond donors (Lipinski definition) is 0. The first-order chi connectivity index (χ1) is 26.5. The van der Waals surface area contributed by atoms with Gasteiger partial charge in [0.2, 0.25) is 0 Å². The molecule has 273 valence electrons. The van der Waals surface area contributed by atoms with E-state index in [0.29, 0.717) is 11.8 Å². The summed E-state index contributed by atoms with van der Waals surface area (Å²) < 4.78 is 8.88. The topological polar surface area (TPSA) is 43.9 Å². The van der Waals surface area contributed by atoms with Gasteiger partial charge >= 0.3 is 0 Å². The van der Waals surface area contributed by atoms with Crippen molar-refractivity contribution in [2.24, 2.45) is 0 Å². The van der Waals surface area contributed by atoms with Gasteiger partial charge in [0.1, 0.15) is 5.76 Å². The first-order valence-electron chi connectivity index (χ1n) is 18.6. The molecule has 1 radical (unpaired) electrons. The zero-order chi connectivity index (χ0) is 37.0. The van der Waals surface area contributed by atoms with Gasteiger partial charge in [-0.25, -0.2) is 0 Å². The maximum Gasteiger partial charge on any atom is 0.123 e. The Morgan fingerprint density at radius 1 is 0.618 bits per heavy atom. The predicted octanol–water partition coefficient (Wildman–Crippen LogP) is 13.4. The maximum atomic E-state index is 6.53. The van der Waals surface area contributed by atoms with Crippen LogP contribution in [0.4, 0.5) is 0 Å². The zero-order valence-electron chi connectivity index (χ0n) is 31.3. The molecule has 9 aromatic rings. The summed E-state index contributed by atoms with van der Waals surface area (Å²) in [4.78, 5) is 9.47. The molecule has 0 amide bonds. The molecule has 0 fully saturated rings. The minimum atomic E-state index is 0. The minimum absolute atomic E-state index is 0. The van der Waals surface area contributed by atoms with Crippen LogP contribution in [0.5, 0.6) is 0 Å². The van der Waals surface area contributed by atoms with Gasteiger partial charge in [0.25, 0.3) is 0 Å². The van der Waals surface area contributed by atoms with Gasteiger partial charge in [-0.3, -0.25) is 4.98 Å². The van der Waals surface area contributed by atoms with E-state index in [2.05, 4.69) is 146 Å². The molecular formula is C50H41IrN3O-2. The first kappa shape index (κ1) is 37.4. The van der Waals surface area contributed by atoms with Crippen molar-refractivity contribution in [3.63, 3.8) is 0 Å². The van der Waals surface area contributed by atoms with Crippen molar-refractivity contribution in [2.75, 3.05) is 0 Å². The maximum absolute atomic E-state index is 6.53. The quantitative estimate of drug-likeness (QED) is 0.150. The van der Waals surface area contributed by atoms with E-state index in [9.17, 15) is 0 Å². The van der Waals surface area contributed by atoms with Crippen LogP contribution in [0.15, 0.2) is 168 Å². The van der Waals surface area contributed by atoms with E-state index >= 15 is 0 Å². The molecule has 9 rings (SSSR count). The second-order valence-corrected chi connectivity index (χ2v) is 14.0. The Bertz CT molecular complexity index is 2580. The molecule has 0 aliphatic carbocycles. The Hall–Kier alpha value is -5.87. The van der Waals surface area contributed by atoms with Crippen LogP contribution in [0.1, 0.15) is 50.7 Å². The Morgan fingerprint density at radius 2 is 1.27 bits per heavy atom. The molecule has 0 unspecified atom stereocenters. The van der Waals surface area contributed by atoms with Gasteiger partial charge in [-0.2, -0.15) is 0 Å². The Labute approximate surface area is 336 Å². The summed E-state index contributed by atoms with van der Waals surface area (Å²) in [5.41, 5.74) is 12.8. The number of para-hydroxylation sites is 3. The van der Waals surface area contributed by atoms with Gasteiger partial charge < -0.3 is 14.0 Å². The van der Waals surface area contributed by atoms with Crippen LogP contribution in [0.25, 0.3) is 72.8 Å². The SMILES string of the molecule is CC(C)c1cccc(C(C)C)c1-n1c(-c2[c-]c3oc(-c4ccccc4)cc3c(-c3ccccc3)c2)nc2ccccc21.[Ir].[c-]1ccccc1-c1ccccn1. The Balaban J connectivity index is 0.000000305. The summed E-state index contributed by atoms with van der Waals surface area (Å²) >= 11 is 0. The molecule has 0 aliphatic heterocycles. The van der Waals surface area contributed by atoms with Gasteiger partial charge in [-0.1, -0.05) is 148 Å². The minimum Gasteiger partial charge on any atom is -0.477 e. The molecule has 0 saturated carbocycles. The van der Waals surface area contributed by atoms with E-state index in [1.165, 1.54) is 16.8 Å². The van der Waals surface area contributed by atoms with Crippen LogP contribution >= 0.6 is 0 Å². The fourth-order valence-corrected chi connectivity index (χ4v) is 7.06. The summed E-state index contributed by atoms with van der Waals surface area (Å²) in [6, 6.07) is 60.8. The molecule has 4 nitrogen and oxygen atoms in total. The molecule has 55 heavy (non-hydrogen) atoms. The average Bonchev–Trinajstić information content (AvgIpc) is 3.84. The molecule has 0 N–H and O–H groups in total. The van der Waals surface area contributed by atoms with Crippen molar-refractivity contribution in [3.05, 3.63) is 187 Å². The molecule has 3 heterocycles. The van der Waals surface area contributed by atoms with E-state index in [0.717, 1.165) is 67.1 Å². The van der Waals surface area contributed by atoms with Crippen molar-refractivity contribution in [3.8, 4) is 50.8 Å². The molecule has 3 aromatic heterocycles. The molecule has 0 bridgehead atoms. The van der Waals surface area contributed by atoms with Crippen LogP contribution in [0.2, 0.25) is 0 Å². The second kappa shape index (κ2) is 16.6. The van der Waals surface area contributed by atoms with Crippen molar-refractivity contribution in [1.82, 2.24) is 14.5 Å². The predicted molar refractivity (Wildman–Crippen MR) is 223 cm³/mol. The third-order valence-electron chi connectivity index (χ3n) is 9.72. The van der Waals surface area contributed by atoms with Crippen LogP contribution in [0, 0.1) is 12.1 Å². The number of furan rings is 1. The zero-order valence-corrected chi connectivity index (χ0v) is 33.7. The summed E-state index contributed by atoms with van der Waals surface area (Å²) in [6.45, 7) is 9.06. The van der Waals surface area contributed by atoms with E-state index in [-0.39, 0.29) is 20.1 Å². The van der Waals surface area contributed by atoms with Gasteiger partial charge in [-0.05, 0) is 58.5 Å². The van der Waals surface area contributed by atoms with E-state index in [1.54, 1.807) is 6.20 Å². The third kappa shape index (κ3) is 7.73. The average molecular weight is 892 g/mol. The van der Waals surface area contributed by atoms with Gasteiger partial charge in [0.05, 0.1) is 22.4 Å². The molecule has 0 saturated heterocycles. The second-order valence-electron chi connectivity index (χ2n) is 14.0. The summed E-state index contributed by atoms with van der Waals surface area (Å²) in [6.07, 6.45) is 1.79. The van der Waals surface area contributed by atoms with Gasteiger partial charge in [0, 0.05) is 37.6 Å². The fraction of sp³-hybridized carbons (Fsp3) is 0.120. The van der Waals surface area contributed by atoms with Crippen LogP contribution < -0.4 is 0 Å². The summed E-state index contributed by atoms with van der Waals surface area (Å²) in [5, 5.41) is 1.04. The number of imidazole rings is 1. The van der Waals surface area contributed by atoms with Crippen molar-refractivity contribution in [2.45, 2.75) is 39.5 Å². The first-order valence-corrected chi connectivity index (χ1v) is 18.6. The summed E-state index contributed by atoms with van der Waals surface area (Å²) in [7, 11) is 0. The monoisotopic (exact) mass is 892 g/mol. The number of nitrogens with zero attached hydrogens (tertiary/aromatic N) is 3. The molecule has 5 heteroatoms. The van der Waals surface area contributed by atoms with E-state index in [4.69, 9.17) is 9.40 Å². The molecule has 0 aliphatic rings. The van der Waals surface area contributed by atoms with Crippen molar-refractivity contribution >= 4 is 22.0 Å². The molecule has 6 aromatic carbocycles. The van der Waals surface area contributed by atoms with Crippen LogP contribution in [-0.4, -0.2) is 14.5 Å². The number of benzene rings is 6. The normalized spacial score (nSPS) is 11.1. The Morgan fingerprint density at radius 3 is 1.93 bits per heavy atom. The fourth-order valence-electron chi connectivity index (χ4n) is 7.06. The smallest absolute Gasteiger partial charge is 0.123 e. The number of fused-ring (bicyclic) bond motifs is 2. The van der Waals surface area contributed by atoms with E-state index in [1.807, 2.05) is 60.7 Å². The van der Waals surface area contributed by atoms with Crippen molar-refractivity contribution in [1.29, 1.82) is 0 Å². The van der Waals surface area contributed by atoms with Crippen LogP contribution in [0.3, 0.4) is 0 Å². The number of pyridine rings is 1. The number of aromatic nitrogens is 3. The molecule has 0 spiro atoms. The third-order valence-corrected chi connectivity index (χ3v) is 9.72. The molecular weight excluding hydrogens is 851 g/mol. The summed E-state index contributed by atoms with van der Waals surface area (Å²) in [5.74, 6) is 2.38. The molecule has 0 atom stereocenters. The van der Waals surface area contributed by atoms with Crippen LogP contribution in [-0.2, 0) is 20.1 Å². The largest absolute Gasteiger partial charge is 0.477 e. The Kier molecular flexibility index (Phi) is 11.3. The van der Waals surface area contributed by atoms with Gasteiger partial charge in [-0.15, -0.1) is 47.5 Å². The number of hydrogen-bond acceptors (Lipinski definition) is 3. The van der Waals surface area contributed by atoms with Crippen molar-refractivity contribution < 1.29 is 24.5 Å².